The molecule has 0 saturated carbocycles. The third kappa shape index (κ3) is 22.4. The third-order valence-electron chi connectivity index (χ3n) is 16.1. The van der Waals surface area contributed by atoms with Crippen LogP contribution in [0.1, 0.15) is 191 Å². The number of benzene rings is 3. The molecule has 3 aromatic rings. The van der Waals surface area contributed by atoms with E-state index in [2.05, 4.69) is 99.6 Å². The van der Waals surface area contributed by atoms with Crippen molar-refractivity contribution in [1.29, 1.82) is 0 Å². The highest BCUT2D eigenvalue weighted by molar-refractivity contribution is 6.09. The number of anilines is 3. The van der Waals surface area contributed by atoms with Gasteiger partial charge in [-0.3, -0.25) is 78.3 Å². The van der Waals surface area contributed by atoms with Gasteiger partial charge in [0.1, 0.15) is 18.1 Å². The molecule has 510 valence electrons. The molecule has 3 saturated heterocycles. The monoisotopic (exact) mass is 1320 g/mol. The van der Waals surface area contributed by atoms with Crippen LogP contribution in [0.3, 0.4) is 0 Å². The number of nitrogens with zero attached hydrogens (tertiary/aromatic N) is 3. The van der Waals surface area contributed by atoms with Gasteiger partial charge in [0.25, 0.3) is 17.7 Å². The van der Waals surface area contributed by atoms with Crippen LogP contribution in [0.2, 0.25) is 0 Å². The van der Waals surface area contributed by atoms with Gasteiger partial charge in [0.2, 0.25) is 53.2 Å². The molecule has 96 heavy (non-hydrogen) atoms. The smallest absolute Gasteiger partial charge is 0.303 e. The minimum Gasteiger partial charge on any atom is -0.481 e. The summed E-state index contributed by atoms with van der Waals surface area (Å²) in [6.07, 6.45) is 36.2. The zero-order valence-electron chi connectivity index (χ0n) is 54.8. The number of aliphatic carboxylic acids is 1. The second-order valence-electron chi connectivity index (χ2n) is 23.3. The van der Waals surface area contributed by atoms with Gasteiger partial charge in [0, 0.05) is 122 Å². The van der Waals surface area contributed by atoms with Crippen LogP contribution in [0.25, 0.3) is 0 Å². The van der Waals surface area contributed by atoms with Gasteiger partial charge in [-0.25, -0.2) is 0 Å². The van der Waals surface area contributed by atoms with E-state index in [-0.39, 0.29) is 105 Å². The standard InChI is InChI=1S/C38H48N4O5.C17H19N3O4.C13H13N3O3.C4H8O2/c1-2-3-4-5-6-7-8-9-10-11-12-13-14-15-16-17-18-19-20-24-34(43)39-28-27-36(45)40-32-23-21-22-30-31(32)29-42(38(30)47)33-25-26-35(44)41-37(33)46;1-2-4-14(21)18-12-6-3-5-10-11(12)9-20(17(10)24)13-7-8-15(22)19-16(13)23;14-9-3-1-2-7-8(9)6-16(13(7)19)10-4-5-11(17)15-12(10)18;1-2-3-4(5)6/h3-4,6-7,9-10,12-13,15-16,18-19,21-23,33H,2,5,8,11,14,17,20,24-29H2,1H3,(H,39,43)(H,40,45)(H,41,44,46);3,5-6,13H,2,4,7-9H2,1H3,(H,18,21)(H,19,22,23);1-3,10H,4-6,14H2,(H,15,17,18);2-3H2,1H3,(H,5,6)/b4-3-,7-6-,10-9-,13-12-,16-15-,19-18-;;;. The predicted octanol–water partition coefficient (Wildman–Crippen LogP) is 8.46. The Morgan fingerprint density at radius 2 is 0.833 bits per heavy atom. The number of nitrogen functional groups attached to an aromatic ring is 1. The van der Waals surface area contributed by atoms with Crippen LogP contribution in [0, 0.1) is 0 Å². The maximum absolute atomic E-state index is 13.0. The van der Waals surface area contributed by atoms with E-state index in [0.717, 1.165) is 62.5 Å². The Morgan fingerprint density at radius 3 is 1.20 bits per heavy atom. The van der Waals surface area contributed by atoms with Crippen LogP contribution >= 0.6 is 0 Å². The van der Waals surface area contributed by atoms with Gasteiger partial charge in [-0.05, 0) is 113 Å². The first-order valence-corrected chi connectivity index (χ1v) is 32.8. The molecule has 24 nitrogen and oxygen atoms in total. The van der Waals surface area contributed by atoms with Crippen LogP contribution in [0.15, 0.2) is 128 Å². The van der Waals surface area contributed by atoms with Gasteiger partial charge >= 0.3 is 5.97 Å². The lowest BCUT2D eigenvalue weighted by molar-refractivity contribution is -0.138. The maximum atomic E-state index is 13.0. The van der Waals surface area contributed by atoms with E-state index in [0.29, 0.717) is 84.4 Å². The number of hydrogen-bond donors (Lipinski definition) is 8. The number of rotatable bonds is 26. The highest BCUT2D eigenvalue weighted by Gasteiger charge is 2.43. The zero-order chi connectivity index (χ0) is 69.5. The van der Waals surface area contributed by atoms with E-state index in [9.17, 15) is 62.3 Å². The van der Waals surface area contributed by atoms with Gasteiger partial charge in [0.15, 0.2) is 0 Å². The second kappa shape index (κ2) is 38.7. The van der Waals surface area contributed by atoms with E-state index in [1.165, 1.54) is 14.7 Å². The molecule has 0 aliphatic carbocycles. The Labute approximate surface area is 559 Å². The highest BCUT2D eigenvalue weighted by Crippen LogP contribution is 2.35. The van der Waals surface area contributed by atoms with Crippen LogP contribution in [-0.2, 0) is 67.6 Å². The molecule has 9 rings (SSSR count). The Bertz CT molecular complexity index is 3570. The van der Waals surface area contributed by atoms with Crippen molar-refractivity contribution in [2.45, 2.75) is 181 Å². The van der Waals surface area contributed by atoms with Gasteiger partial charge in [-0.1, -0.05) is 112 Å². The van der Waals surface area contributed by atoms with Crippen molar-refractivity contribution in [1.82, 2.24) is 36.0 Å². The Balaban J connectivity index is 0.000000244. The average molecular weight is 1320 g/mol. The Hall–Kier alpha value is -10.4. The van der Waals surface area contributed by atoms with Crippen molar-refractivity contribution in [3.63, 3.8) is 0 Å². The van der Waals surface area contributed by atoms with E-state index >= 15 is 0 Å². The van der Waals surface area contributed by atoms with Gasteiger partial charge in [-0.15, -0.1) is 0 Å². The molecular weight excluding hydrogens is 1230 g/mol. The molecule has 0 spiro atoms. The quantitative estimate of drug-likeness (QED) is 0.0212. The fourth-order valence-electron chi connectivity index (χ4n) is 11.1. The van der Waals surface area contributed by atoms with E-state index in [4.69, 9.17) is 10.8 Å². The first-order chi connectivity index (χ1) is 46.3. The molecule has 6 heterocycles. The molecule has 6 aliphatic rings. The Kier molecular flexibility index (Phi) is 30.1. The van der Waals surface area contributed by atoms with Crippen molar-refractivity contribution < 1.29 is 67.4 Å². The van der Waals surface area contributed by atoms with Crippen molar-refractivity contribution in [2.75, 3.05) is 22.9 Å². The molecular formula is C72H88N10O14. The normalized spacial score (nSPS) is 18.2. The molecule has 3 atom stereocenters. The number of nitrogens with one attached hydrogen (secondary N) is 6. The second-order valence-corrected chi connectivity index (χ2v) is 23.3. The summed E-state index contributed by atoms with van der Waals surface area (Å²) in [6, 6.07) is 13.4. The molecule has 3 unspecified atom stereocenters. The van der Waals surface area contributed by atoms with E-state index < -0.39 is 41.8 Å². The topological polar surface area (TPSA) is 350 Å². The lowest BCUT2D eigenvalue weighted by Gasteiger charge is -2.29. The number of nitrogens with two attached hydrogens (primary N) is 1. The number of imide groups is 3. The molecule has 6 aliphatic heterocycles. The summed E-state index contributed by atoms with van der Waals surface area (Å²) in [7, 11) is 0. The minimum absolute atomic E-state index is 0.0835. The molecule has 0 bridgehead atoms. The maximum Gasteiger partial charge on any atom is 0.303 e. The van der Waals surface area contributed by atoms with Crippen molar-refractivity contribution in [3.05, 3.63) is 161 Å². The van der Waals surface area contributed by atoms with Crippen LogP contribution in [0.4, 0.5) is 17.1 Å². The van der Waals surface area contributed by atoms with Crippen molar-refractivity contribution in [2.24, 2.45) is 0 Å². The van der Waals surface area contributed by atoms with Crippen molar-refractivity contribution in [3.8, 4) is 0 Å². The van der Waals surface area contributed by atoms with Gasteiger partial charge in [-0.2, -0.15) is 0 Å². The van der Waals surface area contributed by atoms with Gasteiger partial charge < -0.3 is 41.5 Å². The molecule has 0 aromatic heterocycles. The molecule has 9 N–H and O–H groups in total. The number of fused-ring (bicyclic) bond motifs is 3. The van der Waals surface area contributed by atoms with E-state index in [1.54, 1.807) is 54.6 Å². The molecule has 3 aromatic carbocycles. The first kappa shape index (κ1) is 74.6. The lowest BCUT2D eigenvalue weighted by Crippen LogP contribution is -2.52. The number of amides is 12. The molecule has 12 amide bonds. The minimum atomic E-state index is -0.723. The number of piperidine rings is 3. The Morgan fingerprint density at radius 1 is 0.469 bits per heavy atom. The number of carbonyl (C=O) groups is 13. The van der Waals surface area contributed by atoms with Crippen molar-refractivity contribution >= 4 is 93.9 Å². The van der Waals surface area contributed by atoms with Crippen LogP contribution in [-0.4, -0.2) is 121 Å². The summed E-state index contributed by atoms with van der Waals surface area (Å²) in [6.45, 7) is 6.85. The molecule has 3 fully saturated rings. The van der Waals surface area contributed by atoms with Crippen LogP contribution in [0.5, 0.6) is 0 Å². The largest absolute Gasteiger partial charge is 0.481 e. The summed E-state index contributed by atoms with van der Waals surface area (Å²) in [5.74, 6) is -4.24. The predicted molar refractivity (Wildman–Crippen MR) is 362 cm³/mol. The third-order valence-corrected chi connectivity index (χ3v) is 16.1. The summed E-state index contributed by atoms with van der Waals surface area (Å²) in [4.78, 5) is 159. The SMILES string of the molecule is CC/C=C\C/C=C\C/C=C\C/C=C\C/C=C\C/C=C\CCC(=O)NCCC(=O)Nc1cccc2c1CN(C1CCC(=O)NC1=O)C2=O.CCCC(=O)Nc1cccc2c1CN(C1CCC(=O)NC1=O)C2=O.CCCC(=O)O.Nc1cccc2c1CN(C1CCC(=O)NC1=O)C2=O. The van der Waals surface area contributed by atoms with E-state index in [1.807, 2.05) is 26.0 Å². The fourth-order valence-corrected chi connectivity index (χ4v) is 11.1. The number of carbonyl (C=O) groups excluding carboxylic acids is 12. The molecule has 24 heteroatoms. The summed E-state index contributed by atoms with van der Waals surface area (Å²) in [5.41, 5.74) is 11.1. The number of carboxylic acid groups (broad SMARTS) is 1. The average Bonchev–Trinajstić information content (AvgIpc) is 1.65. The number of hydrogen-bond acceptors (Lipinski definition) is 14. The number of allylic oxidation sites excluding steroid dienone is 12. The fraction of sp³-hybridized carbons (Fsp3) is 0.403. The number of carboxylic acids is 1. The first-order valence-electron chi connectivity index (χ1n) is 32.8. The van der Waals surface area contributed by atoms with Crippen LogP contribution < -0.4 is 37.6 Å². The van der Waals surface area contributed by atoms with Gasteiger partial charge in [0.05, 0.1) is 0 Å². The zero-order valence-corrected chi connectivity index (χ0v) is 54.8. The summed E-state index contributed by atoms with van der Waals surface area (Å²) >= 11 is 0. The summed E-state index contributed by atoms with van der Waals surface area (Å²) < 4.78 is 0. The summed E-state index contributed by atoms with van der Waals surface area (Å²) in [5, 5.41) is 23.2. The lowest BCUT2D eigenvalue weighted by atomic mass is 10.0. The highest BCUT2D eigenvalue weighted by atomic mass is 16.4. The molecule has 0 radical (unpaired) electrons.